The molecule has 3 rings (SSSR count). The van der Waals surface area contributed by atoms with Gasteiger partial charge in [-0.15, -0.1) is 0 Å². The number of amides is 1. The smallest absolute Gasteiger partial charge is 0.272 e. The van der Waals surface area contributed by atoms with E-state index in [0.29, 0.717) is 26.9 Å². The molecule has 136 valence electrons. The van der Waals surface area contributed by atoms with Crippen molar-refractivity contribution in [2.24, 2.45) is 5.10 Å². The Morgan fingerprint density at radius 1 is 1.19 bits per heavy atom. The second-order valence-corrected chi connectivity index (χ2v) is 6.25. The number of carbonyl (C=O) groups excluding carboxylic acids is 1. The Balaban J connectivity index is 1.69. The fourth-order valence-electron chi connectivity index (χ4n) is 2.23. The first-order chi connectivity index (χ1) is 12.9. The highest BCUT2D eigenvalue weighted by Crippen LogP contribution is 2.26. The van der Waals surface area contributed by atoms with E-state index in [0.717, 1.165) is 0 Å². The Labute approximate surface area is 163 Å². The standard InChI is InChI=1S/C17H11Cl2N5O3/c18-12-5-11(6-13(19)7-12)15-8-16(22-21-15)17(25)23-20-9-10-2-1-3-14(4-10)24(26)27/h1-9H,(H,21,22)(H,23,25). The van der Waals surface area contributed by atoms with Gasteiger partial charge in [-0.1, -0.05) is 35.3 Å². The van der Waals surface area contributed by atoms with E-state index in [9.17, 15) is 14.9 Å². The number of H-pyrrole nitrogens is 1. The second kappa shape index (κ2) is 7.98. The molecule has 0 spiro atoms. The molecule has 0 saturated heterocycles. The van der Waals surface area contributed by atoms with E-state index >= 15 is 0 Å². The molecule has 0 unspecified atom stereocenters. The minimum absolute atomic E-state index is 0.0660. The monoisotopic (exact) mass is 403 g/mol. The van der Waals surface area contributed by atoms with Gasteiger partial charge in [0.15, 0.2) is 0 Å². The zero-order chi connectivity index (χ0) is 19.4. The number of halogens is 2. The molecule has 3 aromatic rings. The van der Waals surface area contributed by atoms with Gasteiger partial charge in [-0.25, -0.2) is 5.43 Å². The van der Waals surface area contributed by atoms with E-state index in [-0.39, 0.29) is 11.4 Å². The number of hydrogen-bond acceptors (Lipinski definition) is 5. The molecule has 0 radical (unpaired) electrons. The van der Waals surface area contributed by atoms with Crippen LogP contribution in [0.25, 0.3) is 11.3 Å². The fourth-order valence-corrected chi connectivity index (χ4v) is 2.76. The topological polar surface area (TPSA) is 113 Å². The van der Waals surface area contributed by atoms with Crippen LogP contribution in [0, 0.1) is 10.1 Å². The van der Waals surface area contributed by atoms with Crippen LogP contribution in [0.1, 0.15) is 16.1 Å². The van der Waals surface area contributed by atoms with Crippen molar-refractivity contribution in [3.8, 4) is 11.3 Å². The van der Waals surface area contributed by atoms with Gasteiger partial charge < -0.3 is 0 Å². The summed E-state index contributed by atoms with van der Waals surface area (Å²) in [5.74, 6) is -0.524. The van der Waals surface area contributed by atoms with Crippen LogP contribution in [0.5, 0.6) is 0 Å². The fraction of sp³-hybridized carbons (Fsp3) is 0. The summed E-state index contributed by atoms with van der Waals surface area (Å²) in [6.07, 6.45) is 1.30. The number of nitro groups is 1. The Kier molecular flexibility index (Phi) is 5.49. The van der Waals surface area contributed by atoms with Gasteiger partial charge >= 0.3 is 0 Å². The molecule has 1 aromatic heterocycles. The minimum Gasteiger partial charge on any atom is -0.272 e. The summed E-state index contributed by atoms with van der Waals surface area (Å²) in [5, 5.41) is 22.1. The number of aromatic amines is 1. The van der Waals surface area contributed by atoms with Gasteiger partial charge in [0.05, 0.1) is 16.8 Å². The highest BCUT2D eigenvalue weighted by Gasteiger charge is 2.11. The van der Waals surface area contributed by atoms with Gasteiger partial charge in [0.25, 0.3) is 11.6 Å². The molecule has 1 amide bonds. The van der Waals surface area contributed by atoms with Crippen LogP contribution >= 0.6 is 23.2 Å². The lowest BCUT2D eigenvalue weighted by Crippen LogP contribution is -2.18. The molecule has 8 nitrogen and oxygen atoms in total. The molecule has 0 aliphatic rings. The van der Waals surface area contributed by atoms with Gasteiger partial charge in [-0.3, -0.25) is 20.0 Å². The zero-order valence-electron chi connectivity index (χ0n) is 13.5. The number of carbonyl (C=O) groups is 1. The van der Waals surface area contributed by atoms with E-state index in [4.69, 9.17) is 23.2 Å². The van der Waals surface area contributed by atoms with Gasteiger partial charge in [-0.2, -0.15) is 10.2 Å². The van der Waals surface area contributed by atoms with Crippen molar-refractivity contribution in [2.45, 2.75) is 0 Å². The molecule has 0 atom stereocenters. The zero-order valence-corrected chi connectivity index (χ0v) is 15.0. The number of non-ortho nitro benzene ring substituents is 1. The lowest BCUT2D eigenvalue weighted by atomic mass is 10.1. The van der Waals surface area contributed by atoms with Crippen LogP contribution in [0.2, 0.25) is 10.0 Å². The lowest BCUT2D eigenvalue weighted by Gasteiger charge is -1.98. The minimum atomic E-state index is -0.524. The van der Waals surface area contributed by atoms with E-state index in [1.807, 2.05) is 0 Å². The SMILES string of the molecule is O=C(NN=Cc1cccc([N+](=O)[O-])c1)c1cc(-c2cc(Cl)cc(Cl)c2)n[nH]1. The van der Waals surface area contributed by atoms with Crippen molar-refractivity contribution in [1.82, 2.24) is 15.6 Å². The van der Waals surface area contributed by atoms with E-state index in [2.05, 4.69) is 20.7 Å². The van der Waals surface area contributed by atoms with Crippen molar-refractivity contribution in [2.75, 3.05) is 0 Å². The molecule has 0 aliphatic carbocycles. The molecule has 10 heteroatoms. The average molecular weight is 404 g/mol. The third kappa shape index (κ3) is 4.69. The molecular weight excluding hydrogens is 393 g/mol. The van der Waals surface area contributed by atoms with Crippen LogP contribution in [0.4, 0.5) is 5.69 Å². The number of hydrogen-bond donors (Lipinski definition) is 2. The normalized spacial score (nSPS) is 10.9. The number of hydrazone groups is 1. The first kappa shape index (κ1) is 18.6. The van der Waals surface area contributed by atoms with Gasteiger partial charge in [-0.05, 0) is 24.3 Å². The predicted octanol–water partition coefficient (Wildman–Crippen LogP) is 4.06. The largest absolute Gasteiger partial charge is 0.289 e. The number of benzene rings is 2. The van der Waals surface area contributed by atoms with E-state index < -0.39 is 10.8 Å². The maximum Gasteiger partial charge on any atom is 0.289 e. The molecule has 2 aromatic carbocycles. The van der Waals surface area contributed by atoms with Gasteiger partial charge in [0, 0.05) is 33.3 Å². The average Bonchev–Trinajstić information content (AvgIpc) is 3.11. The second-order valence-electron chi connectivity index (χ2n) is 5.38. The third-order valence-corrected chi connectivity index (χ3v) is 3.88. The van der Waals surface area contributed by atoms with Gasteiger partial charge in [0.1, 0.15) is 5.69 Å². The van der Waals surface area contributed by atoms with Crippen LogP contribution in [-0.4, -0.2) is 27.2 Å². The lowest BCUT2D eigenvalue weighted by molar-refractivity contribution is -0.384. The summed E-state index contributed by atoms with van der Waals surface area (Å²) in [6.45, 7) is 0. The maximum absolute atomic E-state index is 12.1. The maximum atomic E-state index is 12.1. The van der Waals surface area contributed by atoms with Crippen LogP contribution in [0.15, 0.2) is 53.6 Å². The number of nitrogens with zero attached hydrogens (tertiary/aromatic N) is 3. The summed E-state index contributed by atoms with van der Waals surface area (Å²) >= 11 is 11.9. The van der Waals surface area contributed by atoms with Crippen molar-refractivity contribution in [3.05, 3.63) is 79.9 Å². The molecular formula is C17H11Cl2N5O3. The number of nitrogens with one attached hydrogen (secondary N) is 2. The Morgan fingerprint density at radius 2 is 1.93 bits per heavy atom. The Hall–Kier alpha value is -3.23. The molecule has 27 heavy (non-hydrogen) atoms. The molecule has 0 aliphatic heterocycles. The molecule has 0 saturated carbocycles. The first-order valence-corrected chi connectivity index (χ1v) is 8.28. The van der Waals surface area contributed by atoms with Crippen molar-refractivity contribution in [3.63, 3.8) is 0 Å². The Bertz CT molecular complexity index is 1030. The summed E-state index contributed by atoms with van der Waals surface area (Å²) in [5.41, 5.74) is 4.06. The van der Waals surface area contributed by atoms with Crippen LogP contribution in [-0.2, 0) is 0 Å². The summed E-state index contributed by atoms with van der Waals surface area (Å²) in [7, 11) is 0. The van der Waals surface area contributed by atoms with Crippen LogP contribution < -0.4 is 5.43 Å². The number of nitro benzene ring substituents is 1. The Morgan fingerprint density at radius 3 is 2.63 bits per heavy atom. The molecule has 2 N–H and O–H groups in total. The van der Waals surface area contributed by atoms with Crippen molar-refractivity contribution < 1.29 is 9.72 Å². The number of rotatable bonds is 5. The highest BCUT2D eigenvalue weighted by molar-refractivity contribution is 6.35. The summed E-state index contributed by atoms with van der Waals surface area (Å²) < 4.78 is 0. The van der Waals surface area contributed by atoms with Crippen LogP contribution in [0.3, 0.4) is 0 Å². The summed E-state index contributed by atoms with van der Waals surface area (Å²) in [4.78, 5) is 22.4. The quantitative estimate of drug-likeness (QED) is 0.379. The first-order valence-electron chi connectivity index (χ1n) is 7.52. The molecule has 1 heterocycles. The van der Waals surface area contributed by atoms with Crippen molar-refractivity contribution >= 4 is 41.0 Å². The van der Waals surface area contributed by atoms with Gasteiger partial charge in [0.2, 0.25) is 0 Å². The molecule has 0 fully saturated rings. The van der Waals surface area contributed by atoms with E-state index in [1.165, 1.54) is 30.5 Å². The number of aromatic nitrogens is 2. The summed E-state index contributed by atoms with van der Waals surface area (Å²) in [6, 6.07) is 12.3. The predicted molar refractivity (Wildman–Crippen MR) is 102 cm³/mol. The third-order valence-electron chi connectivity index (χ3n) is 3.44. The molecule has 0 bridgehead atoms. The van der Waals surface area contributed by atoms with Crippen molar-refractivity contribution in [1.29, 1.82) is 0 Å². The van der Waals surface area contributed by atoms with E-state index in [1.54, 1.807) is 24.3 Å². The highest BCUT2D eigenvalue weighted by atomic mass is 35.5.